The van der Waals surface area contributed by atoms with Crippen molar-refractivity contribution >= 4 is 11.8 Å². The van der Waals surface area contributed by atoms with Crippen molar-refractivity contribution in [2.45, 2.75) is 51.7 Å². The first kappa shape index (κ1) is 20.9. The number of anilines is 1. The maximum absolute atomic E-state index is 12.8. The molecule has 1 aliphatic rings. The molecule has 0 saturated carbocycles. The predicted octanol–water partition coefficient (Wildman–Crippen LogP) is 3.72. The van der Waals surface area contributed by atoms with Gasteiger partial charge in [0.05, 0.1) is 12.2 Å². The number of halogens is 3. The van der Waals surface area contributed by atoms with E-state index in [9.17, 15) is 23.2 Å². The number of carbonyl (C=O) groups excluding carboxylic acids is 1. The largest absolute Gasteiger partial charge is 0.444 e. The van der Waals surface area contributed by atoms with Crippen molar-refractivity contribution in [1.29, 1.82) is 5.26 Å². The van der Waals surface area contributed by atoms with Crippen LogP contribution in [0.25, 0.3) is 0 Å². The molecule has 1 fully saturated rings. The molecule has 29 heavy (non-hydrogen) atoms. The topological polar surface area (TPSA) is 97.9 Å². The number of hydrogen-bond donors (Lipinski definition) is 2. The molecule has 1 saturated heterocycles. The van der Waals surface area contributed by atoms with Crippen molar-refractivity contribution in [2.24, 2.45) is 0 Å². The van der Waals surface area contributed by atoms with Crippen molar-refractivity contribution < 1.29 is 22.4 Å². The van der Waals surface area contributed by atoms with Gasteiger partial charge in [-0.2, -0.15) is 18.4 Å². The van der Waals surface area contributed by atoms with E-state index in [0.29, 0.717) is 30.8 Å². The van der Waals surface area contributed by atoms with Crippen LogP contribution in [0.15, 0.2) is 10.6 Å². The molecule has 7 nitrogen and oxygen atoms in total. The molecule has 1 aliphatic heterocycles. The third-order valence-corrected chi connectivity index (χ3v) is 5.40. The zero-order chi connectivity index (χ0) is 21.3. The van der Waals surface area contributed by atoms with E-state index >= 15 is 0 Å². The molecule has 0 aliphatic carbocycles. The van der Waals surface area contributed by atoms with Crippen LogP contribution in [0.2, 0.25) is 0 Å². The lowest BCUT2D eigenvalue weighted by molar-refractivity contribution is -0.141. The van der Waals surface area contributed by atoms with Crippen LogP contribution in [0.4, 0.5) is 19.1 Å². The lowest BCUT2D eigenvalue weighted by Crippen LogP contribution is -2.46. The molecule has 156 valence electrons. The van der Waals surface area contributed by atoms with Crippen molar-refractivity contribution in [1.82, 2.24) is 14.9 Å². The Balaban J connectivity index is 1.69. The van der Waals surface area contributed by atoms with E-state index in [1.54, 1.807) is 20.8 Å². The van der Waals surface area contributed by atoms with Gasteiger partial charge in [0.2, 0.25) is 11.8 Å². The number of nitrogens with one attached hydrogen (secondary N) is 2. The van der Waals surface area contributed by atoms with E-state index in [2.05, 4.69) is 15.3 Å². The zero-order valence-electron chi connectivity index (χ0n) is 16.4. The second-order valence-electron chi connectivity index (χ2n) is 7.28. The average Bonchev–Trinajstić information content (AvgIpc) is 3.27. The molecule has 0 spiro atoms. The Morgan fingerprint density at radius 1 is 1.48 bits per heavy atom. The third kappa shape index (κ3) is 4.29. The highest BCUT2D eigenvalue weighted by Gasteiger charge is 2.35. The van der Waals surface area contributed by atoms with Crippen LogP contribution in [-0.4, -0.2) is 39.9 Å². The summed E-state index contributed by atoms with van der Waals surface area (Å²) in [6, 6.07) is 1.48. The van der Waals surface area contributed by atoms with E-state index < -0.39 is 17.9 Å². The molecular formula is C19H22F3N5O2. The van der Waals surface area contributed by atoms with E-state index in [4.69, 9.17) is 4.42 Å². The molecule has 2 N–H and O–H groups in total. The predicted molar refractivity (Wildman–Crippen MR) is 98.1 cm³/mol. The molecule has 2 aromatic heterocycles. The number of likely N-dealkylation sites (tertiary alicyclic amines) is 1. The summed E-state index contributed by atoms with van der Waals surface area (Å²) >= 11 is 0. The number of aryl methyl sites for hydroxylation is 1. The number of nitriles is 1. The Kier molecular flexibility index (Phi) is 5.71. The van der Waals surface area contributed by atoms with Crippen LogP contribution in [-0.2, 0) is 11.0 Å². The fourth-order valence-corrected chi connectivity index (χ4v) is 3.50. The van der Waals surface area contributed by atoms with Gasteiger partial charge >= 0.3 is 6.18 Å². The number of carbonyl (C=O) groups is 1. The minimum absolute atomic E-state index is 0.119. The first-order valence-corrected chi connectivity index (χ1v) is 9.29. The van der Waals surface area contributed by atoms with Crippen molar-refractivity contribution in [3.05, 3.63) is 34.6 Å². The monoisotopic (exact) mass is 409 g/mol. The van der Waals surface area contributed by atoms with Crippen LogP contribution in [0.3, 0.4) is 0 Å². The van der Waals surface area contributed by atoms with Crippen molar-refractivity contribution in [3.63, 3.8) is 0 Å². The number of amides is 1. The molecule has 2 unspecified atom stereocenters. The molecule has 3 heterocycles. The Morgan fingerprint density at radius 2 is 2.21 bits per heavy atom. The number of hydrogen-bond acceptors (Lipinski definition) is 5. The van der Waals surface area contributed by atoms with Crippen LogP contribution in [0.5, 0.6) is 0 Å². The molecular weight excluding hydrogens is 387 g/mol. The highest BCUT2D eigenvalue weighted by atomic mass is 19.4. The Labute approximate surface area is 165 Å². The van der Waals surface area contributed by atoms with E-state index in [0.717, 1.165) is 12.6 Å². The molecule has 2 atom stereocenters. The van der Waals surface area contributed by atoms with Gasteiger partial charge in [-0.15, -0.1) is 0 Å². The summed E-state index contributed by atoms with van der Waals surface area (Å²) < 4.78 is 43.9. The van der Waals surface area contributed by atoms with Crippen molar-refractivity contribution in [3.8, 4) is 6.07 Å². The summed E-state index contributed by atoms with van der Waals surface area (Å²) in [6.45, 7) is 6.21. The summed E-state index contributed by atoms with van der Waals surface area (Å²) in [5, 5.41) is 11.9. The Bertz CT molecular complexity index is 941. The smallest absolute Gasteiger partial charge is 0.432 e. The molecule has 10 heteroatoms. The summed E-state index contributed by atoms with van der Waals surface area (Å²) in [7, 11) is 0. The highest BCUT2D eigenvalue weighted by Crippen LogP contribution is 2.32. The SMILES string of the molecule is Cc1oc(NC(=O)C(C)N2CCCC(c3ncc(C(F)(F)F)[nH]3)C2)c(C#N)c1C. The second kappa shape index (κ2) is 7.91. The molecule has 0 radical (unpaired) electrons. The number of nitrogens with zero attached hydrogens (tertiary/aromatic N) is 3. The zero-order valence-corrected chi connectivity index (χ0v) is 16.4. The quantitative estimate of drug-likeness (QED) is 0.802. The maximum atomic E-state index is 12.8. The van der Waals surface area contributed by atoms with Gasteiger partial charge < -0.3 is 9.40 Å². The van der Waals surface area contributed by atoms with E-state index in [-0.39, 0.29) is 29.1 Å². The summed E-state index contributed by atoms with van der Waals surface area (Å²) in [5.74, 6) is 0.387. The Hall–Kier alpha value is -2.80. The normalized spacial score (nSPS) is 19.0. The van der Waals surface area contributed by atoms with Crippen LogP contribution in [0, 0.1) is 25.2 Å². The van der Waals surface area contributed by atoms with Crippen LogP contribution < -0.4 is 5.32 Å². The second-order valence-corrected chi connectivity index (χ2v) is 7.28. The molecule has 0 aromatic carbocycles. The standard InChI is InChI=1S/C19H22F3N5O2/c1-10-12(3)29-18(14(10)7-23)26-17(28)11(2)27-6-4-5-13(9-27)16-24-8-15(25-16)19(20,21)22/h8,11,13H,4-6,9H2,1-3H3,(H,24,25)(H,26,28). The number of alkyl halides is 3. The van der Waals surface area contributed by atoms with Crippen LogP contribution >= 0.6 is 0 Å². The maximum Gasteiger partial charge on any atom is 0.432 e. The number of rotatable bonds is 4. The minimum Gasteiger partial charge on any atom is -0.444 e. The van der Waals surface area contributed by atoms with Gasteiger partial charge in [0, 0.05) is 18.0 Å². The van der Waals surface area contributed by atoms with Crippen molar-refractivity contribution in [2.75, 3.05) is 18.4 Å². The first-order valence-electron chi connectivity index (χ1n) is 9.29. The molecule has 2 aromatic rings. The first-order chi connectivity index (χ1) is 13.6. The minimum atomic E-state index is -4.47. The fraction of sp³-hybridized carbons (Fsp3) is 0.526. The molecule has 3 rings (SSSR count). The highest BCUT2D eigenvalue weighted by molar-refractivity contribution is 5.94. The average molecular weight is 409 g/mol. The lowest BCUT2D eigenvalue weighted by Gasteiger charge is -2.35. The number of aromatic amines is 1. The van der Waals surface area contributed by atoms with Gasteiger partial charge in [0.15, 0.2) is 0 Å². The molecule has 1 amide bonds. The van der Waals surface area contributed by atoms with Gasteiger partial charge in [-0.05, 0) is 40.2 Å². The number of aromatic nitrogens is 2. The number of piperidine rings is 1. The van der Waals surface area contributed by atoms with Gasteiger partial charge in [0.1, 0.15) is 28.9 Å². The number of furan rings is 1. The van der Waals surface area contributed by atoms with Crippen LogP contribution in [0.1, 0.15) is 54.1 Å². The fourth-order valence-electron chi connectivity index (χ4n) is 3.50. The molecule has 0 bridgehead atoms. The summed E-state index contributed by atoms with van der Waals surface area (Å²) in [4.78, 5) is 20.8. The van der Waals surface area contributed by atoms with Gasteiger partial charge in [-0.1, -0.05) is 0 Å². The third-order valence-electron chi connectivity index (χ3n) is 5.40. The summed E-state index contributed by atoms with van der Waals surface area (Å²) in [6.07, 6.45) is -2.25. The van der Waals surface area contributed by atoms with Gasteiger partial charge in [-0.3, -0.25) is 15.0 Å². The van der Waals surface area contributed by atoms with Gasteiger partial charge in [0.25, 0.3) is 0 Å². The van der Waals surface area contributed by atoms with E-state index in [1.807, 2.05) is 11.0 Å². The Morgan fingerprint density at radius 3 is 2.83 bits per heavy atom. The number of H-pyrrole nitrogens is 1. The number of imidazole rings is 1. The lowest BCUT2D eigenvalue weighted by atomic mass is 9.96. The summed E-state index contributed by atoms with van der Waals surface area (Å²) in [5.41, 5.74) is 0.0876. The van der Waals surface area contributed by atoms with Gasteiger partial charge in [-0.25, -0.2) is 4.98 Å². The van der Waals surface area contributed by atoms with E-state index in [1.165, 1.54) is 0 Å².